The lowest BCUT2D eigenvalue weighted by Gasteiger charge is -2.04. The third kappa shape index (κ3) is 2.71. The van der Waals surface area contributed by atoms with Gasteiger partial charge in [-0.3, -0.25) is 18.8 Å². The van der Waals surface area contributed by atoms with E-state index >= 15 is 0 Å². The molecule has 3 aromatic rings. The fourth-order valence-electron chi connectivity index (χ4n) is 2.67. The van der Waals surface area contributed by atoms with Crippen molar-refractivity contribution in [1.82, 2.24) is 34.7 Å². The number of aryl methyl sites for hydroxylation is 4. The molecule has 0 aromatic carbocycles. The maximum Gasteiger partial charge on any atom is 0.271 e. The molecule has 0 bridgehead atoms. The predicted molar refractivity (Wildman–Crippen MR) is 86.2 cm³/mol. The first-order valence-corrected chi connectivity index (χ1v) is 7.69. The highest BCUT2D eigenvalue weighted by atomic mass is 16.1. The summed E-state index contributed by atoms with van der Waals surface area (Å²) >= 11 is 0. The Morgan fingerprint density at radius 1 is 1.26 bits per heavy atom. The normalized spacial score (nSPS) is 11.3. The van der Waals surface area contributed by atoms with Crippen LogP contribution < -0.4 is 5.32 Å². The van der Waals surface area contributed by atoms with Crippen LogP contribution >= 0.6 is 0 Å². The highest BCUT2D eigenvalue weighted by Crippen LogP contribution is 2.17. The second-order valence-electron chi connectivity index (χ2n) is 5.55. The summed E-state index contributed by atoms with van der Waals surface area (Å²) in [4.78, 5) is 12.1. The van der Waals surface area contributed by atoms with Crippen molar-refractivity contribution in [2.24, 2.45) is 7.05 Å². The molecule has 1 N–H and O–H groups in total. The first-order valence-electron chi connectivity index (χ1n) is 7.69. The van der Waals surface area contributed by atoms with Crippen molar-refractivity contribution in [2.75, 3.05) is 6.54 Å². The average Bonchev–Trinajstić information content (AvgIpc) is 3.17. The van der Waals surface area contributed by atoms with Gasteiger partial charge in [0.15, 0.2) is 0 Å². The highest BCUT2D eigenvalue weighted by molar-refractivity contribution is 5.92. The predicted octanol–water partition coefficient (Wildman–Crippen LogP) is 1.03. The van der Waals surface area contributed by atoms with Gasteiger partial charge in [0, 0.05) is 25.8 Å². The molecular weight excluding hydrogens is 294 g/mol. The van der Waals surface area contributed by atoms with Crippen molar-refractivity contribution in [2.45, 2.75) is 33.9 Å². The van der Waals surface area contributed by atoms with Gasteiger partial charge >= 0.3 is 0 Å². The molecule has 0 spiro atoms. The Hall–Kier alpha value is -2.64. The van der Waals surface area contributed by atoms with E-state index < -0.39 is 0 Å². The molecule has 0 aliphatic rings. The summed E-state index contributed by atoms with van der Waals surface area (Å²) in [6.07, 6.45) is 1.82. The van der Waals surface area contributed by atoms with Crippen LogP contribution in [0.2, 0.25) is 0 Å². The number of nitrogens with zero attached hydrogens (tertiary/aromatic N) is 6. The van der Waals surface area contributed by atoms with E-state index in [1.165, 1.54) is 0 Å². The second kappa shape index (κ2) is 5.86. The molecule has 3 rings (SSSR count). The van der Waals surface area contributed by atoms with E-state index in [1.54, 1.807) is 10.7 Å². The molecule has 0 atom stereocenters. The van der Waals surface area contributed by atoms with E-state index in [-0.39, 0.29) is 5.91 Å². The van der Waals surface area contributed by atoms with Gasteiger partial charge < -0.3 is 5.32 Å². The largest absolute Gasteiger partial charge is 0.349 e. The SMILES string of the molecule is CCn1nc(C)c2c1cnn2CCNC(=O)c1cc(C)n(C)n1. The summed E-state index contributed by atoms with van der Waals surface area (Å²) in [5.74, 6) is -0.168. The molecule has 0 aliphatic heterocycles. The molecule has 122 valence electrons. The lowest BCUT2D eigenvalue weighted by molar-refractivity contribution is 0.0946. The molecule has 0 fully saturated rings. The van der Waals surface area contributed by atoms with Crippen molar-refractivity contribution in [3.05, 3.63) is 29.3 Å². The molecule has 0 saturated carbocycles. The standard InChI is InChI=1S/C15H21N7O/c1-5-21-13-9-17-22(14(13)11(3)18-21)7-6-16-15(23)12-8-10(2)20(4)19-12/h8-9H,5-7H2,1-4H3,(H,16,23). The van der Waals surface area contributed by atoms with Crippen molar-refractivity contribution in [3.63, 3.8) is 0 Å². The fourth-order valence-corrected chi connectivity index (χ4v) is 2.67. The van der Waals surface area contributed by atoms with Crippen LogP contribution in [0.4, 0.5) is 0 Å². The molecule has 23 heavy (non-hydrogen) atoms. The summed E-state index contributed by atoms with van der Waals surface area (Å²) in [6, 6.07) is 1.77. The third-order valence-electron chi connectivity index (χ3n) is 3.97. The molecule has 3 heterocycles. The number of nitrogens with one attached hydrogen (secondary N) is 1. The van der Waals surface area contributed by atoms with E-state index in [0.29, 0.717) is 18.8 Å². The average molecular weight is 315 g/mol. The minimum absolute atomic E-state index is 0.168. The Kier molecular flexibility index (Phi) is 3.89. The fraction of sp³-hybridized carbons (Fsp3) is 0.467. The first kappa shape index (κ1) is 15.3. The quantitative estimate of drug-likeness (QED) is 0.762. The lowest BCUT2D eigenvalue weighted by Crippen LogP contribution is -2.28. The van der Waals surface area contributed by atoms with Crippen LogP contribution in [0.25, 0.3) is 11.0 Å². The van der Waals surface area contributed by atoms with Crippen LogP contribution in [-0.4, -0.2) is 41.8 Å². The summed E-state index contributed by atoms with van der Waals surface area (Å²) in [5.41, 5.74) is 4.38. The Bertz CT molecular complexity index is 835. The van der Waals surface area contributed by atoms with Crippen molar-refractivity contribution in [3.8, 4) is 0 Å². The van der Waals surface area contributed by atoms with Crippen LogP contribution in [-0.2, 0) is 20.1 Å². The van der Waals surface area contributed by atoms with Gasteiger partial charge in [-0.15, -0.1) is 0 Å². The maximum atomic E-state index is 12.1. The van der Waals surface area contributed by atoms with E-state index in [4.69, 9.17) is 0 Å². The van der Waals surface area contributed by atoms with Crippen LogP contribution in [0.3, 0.4) is 0 Å². The molecule has 1 amide bonds. The zero-order chi connectivity index (χ0) is 16.6. The van der Waals surface area contributed by atoms with E-state index in [2.05, 4.69) is 27.5 Å². The molecule has 8 heteroatoms. The summed E-state index contributed by atoms with van der Waals surface area (Å²) < 4.78 is 5.51. The number of amides is 1. The molecule has 0 saturated heterocycles. The van der Waals surface area contributed by atoms with Gasteiger partial charge in [-0.25, -0.2) is 0 Å². The van der Waals surface area contributed by atoms with Gasteiger partial charge in [-0.05, 0) is 26.8 Å². The number of fused-ring (bicyclic) bond motifs is 1. The third-order valence-corrected chi connectivity index (χ3v) is 3.97. The maximum absolute atomic E-state index is 12.1. The second-order valence-corrected chi connectivity index (χ2v) is 5.55. The van der Waals surface area contributed by atoms with Crippen molar-refractivity contribution in [1.29, 1.82) is 0 Å². The van der Waals surface area contributed by atoms with Crippen molar-refractivity contribution < 1.29 is 4.79 Å². The molecular formula is C15H21N7O. The zero-order valence-corrected chi connectivity index (χ0v) is 13.9. The monoisotopic (exact) mass is 315 g/mol. The van der Waals surface area contributed by atoms with Gasteiger partial charge in [0.2, 0.25) is 0 Å². The van der Waals surface area contributed by atoms with Gasteiger partial charge in [-0.1, -0.05) is 0 Å². The molecule has 0 radical (unpaired) electrons. The van der Waals surface area contributed by atoms with Crippen LogP contribution in [0.15, 0.2) is 12.3 Å². The Morgan fingerprint density at radius 3 is 2.70 bits per heavy atom. The van der Waals surface area contributed by atoms with E-state index in [1.807, 2.05) is 36.5 Å². The Labute approximate surface area is 134 Å². The van der Waals surface area contributed by atoms with Gasteiger partial charge in [0.25, 0.3) is 5.91 Å². The summed E-state index contributed by atoms with van der Waals surface area (Å²) in [7, 11) is 1.82. The minimum Gasteiger partial charge on any atom is -0.349 e. The highest BCUT2D eigenvalue weighted by Gasteiger charge is 2.14. The zero-order valence-electron chi connectivity index (χ0n) is 13.9. The number of rotatable bonds is 5. The lowest BCUT2D eigenvalue weighted by atomic mass is 10.3. The van der Waals surface area contributed by atoms with Crippen LogP contribution in [0, 0.1) is 13.8 Å². The number of hydrogen-bond acceptors (Lipinski definition) is 4. The van der Waals surface area contributed by atoms with Gasteiger partial charge in [0.05, 0.1) is 18.4 Å². The topological polar surface area (TPSA) is 82.6 Å². The van der Waals surface area contributed by atoms with E-state index in [0.717, 1.165) is 29.0 Å². The molecule has 0 unspecified atom stereocenters. The molecule has 8 nitrogen and oxygen atoms in total. The smallest absolute Gasteiger partial charge is 0.271 e. The Balaban J connectivity index is 1.67. The number of carbonyl (C=O) groups is 1. The molecule has 0 aliphatic carbocycles. The van der Waals surface area contributed by atoms with Crippen LogP contribution in [0.5, 0.6) is 0 Å². The first-order chi connectivity index (χ1) is 11.0. The van der Waals surface area contributed by atoms with E-state index in [9.17, 15) is 4.79 Å². The number of aromatic nitrogens is 6. The number of hydrogen-bond donors (Lipinski definition) is 1. The summed E-state index contributed by atoms with van der Waals surface area (Å²) in [5, 5.41) is 15.9. The summed E-state index contributed by atoms with van der Waals surface area (Å²) in [6.45, 7) is 7.84. The minimum atomic E-state index is -0.168. The Morgan fingerprint density at radius 2 is 2.04 bits per heavy atom. The van der Waals surface area contributed by atoms with Crippen molar-refractivity contribution >= 4 is 16.9 Å². The number of carbonyl (C=O) groups excluding carboxylic acids is 1. The van der Waals surface area contributed by atoms with Gasteiger partial charge in [0.1, 0.15) is 16.7 Å². The van der Waals surface area contributed by atoms with Crippen LogP contribution in [0.1, 0.15) is 28.8 Å². The van der Waals surface area contributed by atoms with Gasteiger partial charge in [-0.2, -0.15) is 15.3 Å². The molecule has 3 aromatic heterocycles.